The number of likely N-dealkylation sites (tertiary alicyclic amines) is 1. The molecule has 0 radical (unpaired) electrons. The highest BCUT2D eigenvalue weighted by Gasteiger charge is 2.43. The van der Waals surface area contributed by atoms with E-state index in [1.54, 1.807) is 0 Å². The van der Waals surface area contributed by atoms with Gasteiger partial charge in [0.15, 0.2) is 0 Å². The van der Waals surface area contributed by atoms with Crippen LogP contribution >= 0.6 is 12.4 Å². The molecule has 3 N–H and O–H groups in total. The van der Waals surface area contributed by atoms with Crippen LogP contribution in [0.5, 0.6) is 0 Å². The zero-order valence-corrected chi connectivity index (χ0v) is 20.8. The third-order valence-corrected chi connectivity index (χ3v) is 7.14. The van der Waals surface area contributed by atoms with E-state index in [2.05, 4.69) is 30.8 Å². The molecule has 1 aliphatic carbocycles. The quantitative estimate of drug-likeness (QED) is 0.540. The van der Waals surface area contributed by atoms with Gasteiger partial charge in [-0.05, 0) is 53.1 Å². The van der Waals surface area contributed by atoms with Crippen LogP contribution in [0.15, 0.2) is 55.1 Å². The van der Waals surface area contributed by atoms with Gasteiger partial charge < -0.3 is 20.5 Å². The summed E-state index contributed by atoms with van der Waals surface area (Å²) < 4.78 is 6.10. The van der Waals surface area contributed by atoms with E-state index in [-0.39, 0.29) is 43.3 Å². The molecule has 0 spiro atoms. The monoisotopic (exact) mass is 498 g/mol. The zero-order valence-electron chi connectivity index (χ0n) is 20.0. The van der Waals surface area contributed by atoms with Crippen molar-refractivity contribution in [2.45, 2.75) is 63.3 Å². The largest absolute Gasteiger partial charge is 0.480 e. The molecule has 1 aliphatic heterocycles. The molecule has 188 valence electrons. The lowest BCUT2D eigenvalue weighted by Crippen LogP contribution is -2.51. The first-order chi connectivity index (χ1) is 16.5. The van der Waals surface area contributed by atoms with Crippen molar-refractivity contribution in [3.05, 3.63) is 66.2 Å². The summed E-state index contributed by atoms with van der Waals surface area (Å²) in [5.41, 5.74) is 10.5. The maximum absolute atomic E-state index is 13.1. The highest BCUT2D eigenvalue weighted by Crippen LogP contribution is 2.29. The first kappa shape index (κ1) is 26.9. The Kier molecular flexibility index (Phi) is 9.49. The number of ether oxygens (including phenoxy) is 1. The van der Waals surface area contributed by atoms with E-state index in [1.807, 2.05) is 30.3 Å². The predicted octanol–water partition coefficient (Wildman–Crippen LogP) is 4.90. The molecule has 1 saturated carbocycles. The number of rotatable bonds is 8. The molecular formula is C28H35ClN2O4. The molecule has 3 atom stereocenters. The minimum atomic E-state index is -1.00. The van der Waals surface area contributed by atoms with E-state index >= 15 is 0 Å². The topological polar surface area (TPSA) is 92.9 Å². The Morgan fingerprint density at radius 3 is 2.49 bits per heavy atom. The standard InChI is InChI=1S/C28H34N2O4.ClH/c1-2-19-8-6-12-22(14-19)23-13-7-9-20(15-23)18-34-24-16-25(28(32)33)30(17-24)27(31)26(29)21-10-4-3-5-11-21;/h2,6-9,12-15,21,24-26H,1,3-5,10-11,16-18,29H2,(H,32,33);1H/t24-,25+,26+;/m1./s1. The van der Waals surface area contributed by atoms with Gasteiger partial charge in [-0.25, -0.2) is 4.79 Å². The lowest BCUT2D eigenvalue weighted by molar-refractivity contribution is -0.149. The summed E-state index contributed by atoms with van der Waals surface area (Å²) in [6.07, 6.45) is 6.97. The van der Waals surface area contributed by atoms with E-state index in [1.165, 1.54) is 11.3 Å². The van der Waals surface area contributed by atoms with Crippen molar-refractivity contribution in [3.8, 4) is 11.1 Å². The highest BCUT2D eigenvalue weighted by molar-refractivity contribution is 5.88. The van der Waals surface area contributed by atoms with Crippen LogP contribution in [0.4, 0.5) is 0 Å². The van der Waals surface area contributed by atoms with Gasteiger partial charge in [-0.2, -0.15) is 0 Å². The van der Waals surface area contributed by atoms with E-state index < -0.39 is 18.1 Å². The number of aliphatic carboxylic acids is 1. The Labute approximate surface area is 213 Å². The summed E-state index contributed by atoms with van der Waals surface area (Å²) in [4.78, 5) is 26.4. The van der Waals surface area contributed by atoms with Crippen LogP contribution in [-0.2, 0) is 20.9 Å². The summed E-state index contributed by atoms with van der Waals surface area (Å²) in [6.45, 7) is 4.44. The van der Waals surface area contributed by atoms with Crippen molar-refractivity contribution in [3.63, 3.8) is 0 Å². The molecule has 0 bridgehead atoms. The molecule has 2 aliphatic rings. The van der Waals surface area contributed by atoms with E-state index in [4.69, 9.17) is 10.5 Å². The number of halogens is 1. The summed E-state index contributed by atoms with van der Waals surface area (Å²) in [6, 6.07) is 14.7. The molecular weight excluding hydrogens is 464 g/mol. The number of carboxylic acid groups (broad SMARTS) is 1. The van der Waals surface area contributed by atoms with Crippen LogP contribution < -0.4 is 5.73 Å². The van der Waals surface area contributed by atoms with Crippen molar-refractivity contribution in [1.29, 1.82) is 0 Å². The van der Waals surface area contributed by atoms with Gasteiger partial charge in [-0.1, -0.05) is 68.3 Å². The smallest absolute Gasteiger partial charge is 0.326 e. The molecule has 0 unspecified atom stereocenters. The second-order valence-corrected chi connectivity index (χ2v) is 9.47. The normalized spacial score (nSPS) is 21.2. The Hall–Kier alpha value is -2.67. The molecule has 0 aromatic heterocycles. The number of benzene rings is 2. The molecule has 1 heterocycles. The van der Waals surface area contributed by atoms with Gasteiger partial charge in [0.05, 0.1) is 18.8 Å². The van der Waals surface area contributed by atoms with Gasteiger partial charge in [0.25, 0.3) is 0 Å². The fourth-order valence-corrected chi connectivity index (χ4v) is 5.18. The van der Waals surface area contributed by atoms with Crippen LogP contribution in [-0.4, -0.2) is 46.6 Å². The average molecular weight is 499 g/mol. The first-order valence-electron chi connectivity index (χ1n) is 12.2. The summed E-state index contributed by atoms with van der Waals surface area (Å²) in [7, 11) is 0. The van der Waals surface area contributed by atoms with E-state index in [9.17, 15) is 14.7 Å². The van der Waals surface area contributed by atoms with Crippen molar-refractivity contribution < 1.29 is 19.4 Å². The van der Waals surface area contributed by atoms with Crippen molar-refractivity contribution in [1.82, 2.24) is 4.90 Å². The third kappa shape index (κ3) is 6.51. The van der Waals surface area contributed by atoms with Gasteiger partial charge in [0.2, 0.25) is 5.91 Å². The molecule has 2 fully saturated rings. The van der Waals surface area contributed by atoms with Crippen molar-refractivity contribution >= 4 is 30.4 Å². The predicted molar refractivity (Wildman–Crippen MR) is 140 cm³/mol. The maximum Gasteiger partial charge on any atom is 0.326 e. The Balaban J connectivity index is 0.00000342. The zero-order chi connectivity index (χ0) is 24.1. The van der Waals surface area contributed by atoms with E-state index in [0.717, 1.165) is 47.9 Å². The second-order valence-electron chi connectivity index (χ2n) is 9.47. The highest BCUT2D eigenvalue weighted by atomic mass is 35.5. The summed E-state index contributed by atoms with van der Waals surface area (Å²) in [5, 5.41) is 9.74. The van der Waals surface area contributed by atoms with Gasteiger partial charge in [0.1, 0.15) is 6.04 Å². The molecule has 2 aromatic rings. The number of carboxylic acids is 1. The number of hydrogen-bond donors (Lipinski definition) is 2. The Morgan fingerprint density at radius 1 is 1.11 bits per heavy atom. The molecule has 6 nitrogen and oxygen atoms in total. The molecule has 35 heavy (non-hydrogen) atoms. The fraction of sp³-hybridized carbons (Fsp3) is 0.429. The lowest BCUT2D eigenvalue weighted by atomic mass is 9.83. The fourth-order valence-electron chi connectivity index (χ4n) is 5.18. The average Bonchev–Trinajstić information content (AvgIpc) is 3.32. The van der Waals surface area contributed by atoms with Gasteiger partial charge >= 0.3 is 5.97 Å². The molecule has 4 rings (SSSR count). The second kappa shape index (κ2) is 12.3. The van der Waals surface area contributed by atoms with Gasteiger partial charge in [0, 0.05) is 13.0 Å². The Bertz CT molecular complexity index is 1040. The van der Waals surface area contributed by atoms with Crippen LogP contribution in [0.3, 0.4) is 0 Å². The van der Waals surface area contributed by atoms with Crippen molar-refractivity contribution in [2.75, 3.05) is 6.54 Å². The van der Waals surface area contributed by atoms with Crippen LogP contribution in [0.1, 0.15) is 49.7 Å². The van der Waals surface area contributed by atoms with Gasteiger partial charge in [-0.3, -0.25) is 4.79 Å². The number of carbonyl (C=O) groups excluding carboxylic acids is 1. The van der Waals surface area contributed by atoms with Crippen LogP contribution in [0.2, 0.25) is 0 Å². The maximum atomic E-state index is 13.1. The molecule has 7 heteroatoms. The number of carbonyl (C=O) groups is 2. The third-order valence-electron chi connectivity index (χ3n) is 7.14. The summed E-state index contributed by atoms with van der Waals surface area (Å²) >= 11 is 0. The van der Waals surface area contributed by atoms with Crippen molar-refractivity contribution in [2.24, 2.45) is 11.7 Å². The SMILES string of the molecule is C=Cc1cccc(-c2cccc(CO[C@@H]3C[C@@H](C(=O)O)N(C(=O)[C@@H](N)C4CCCCC4)C3)c2)c1.Cl. The minimum Gasteiger partial charge on any atom is -0.480 e. The number of nitrogens with zero attached hydrogens (tertiary/aromatic N) is 1. The lowest BCUT2D eigenvalue weighted by Gasteiger charge is -2.31. The Morgan fingerprint density at radius 2 is 1.80 bits per heavy atom. The van der Waals surface area contributed by atoms with E-state index in [0.29, 0.717) is 6.61 Å². The first-order valence-corrected chi connectivity index (χ1v) is 12.2. The molecule has 1 amide bonds. The summed E-state index contributed by atoms with van der Waals surface area (Å²) in [5.74, 6) is -1.12. The number of amides is 1. The number of hydrogen-bond acceptors (Lipinski definition) is 4. The number of nitrogens with two attached hydrogens (primary N) is 1. The van der Waals surface area contributed by atoms with Crippen LogP contribution in [0, 0.1) is 5.92 Å². The molecule has 2 aromatic carbocycles. The molecule has 1 saturated heterocycles. The van der Waals surface area contributed by atoms with Gasteiger partial charge in [-0.15, -0.1) is 12.4 Å². The minimum absolute atomic E-state index is 0. The van der Waals surface area contributed by atoms with Crippen LogP contribution in [0.25, 0.3) is 17.2 Å².